The molecule has 0 saturated heterocycles. The second-order valence-electron chi connectivity index (χ2n) is 2.87. The summed E-state index contributed by atoms with van der Waals surface area (Å²) in [5, 5.41) is 1.46. The van der Waals surface area contributed by atoms with Crippen LogP contribution in [0.15, 0.2) is 24.3 Å². The van der Waals surface area contributed by atoms with Crippen LogP contribution < -0.4 is 5.73 Å². The maximum Gasteiger partial charge on any atom is 0.187 e. The molecule has 0 amide bonds. The van der Waals surface area contributed by atoms with E-state index in [0.29, 0.717) is 9.90 Å². The highest BCUT2D eigenvalue weighted by atomic mass is 35.5. The molecule has 2 nitrogen and oxygen atoms in total. The summed E-state index contributed by atoms with van der Waals surface area (Å²) in [5.74, 6) is -0.101. The first kappa shape index (κ1) is 12.5. The third-order valence-electron chi connectivity index (χ3n) is 1.97. The van der Waals surface area contributed by atoms with Crippen LogP contribution in [0.5, 0.6) is 0 Å². The number of rotatable bonds is 2. The Labute approximate surface area is 102 Å². The zero-order chi connectivity index (χ0) is 10.1. The highest BCUT2D eigenvalue weighted by molar-refractivity contribution is 7.21. The van der Waals surface area contributed by atoms with E-state index < -0.39 is 0 Å². The number of carbonyl (C=O) groups is 1. The molecule has 2 aromatic rings. The molecule has 5 heteroatoms. The summed E-state index contributed by atoms with van der Waals surface area (Å²) in [4.78, 5) is 12.0. The molecule has 0 spiro atoms. The van der Waals surface area contributed by atoms with Crippen LogP contribution in [-0.4, -0.2) is 12.3 Å². The minimum Gasteiger partial charge on any atom is -0.324 e. The average Bonchev–Trinajstić information content (AvgIpc) is 2.56. The maximum atomic E-state index is 11.4. The SMILES string of the molecule is Cl.NCC(=O)c1sc2ccccc2c1Cl. The lowest BCUT2D eigenvalue weighted by atomic mass is 10.2. The molecule has 0 saturated carbocycles. The minimum atomic E-state index is -0.101. The maximum absolute atomic E-state index is 11.4. The Morgan fingerprint density at radius 2 is 2.07 bits per heavy atom. The van der Waals surface area contributed by atoms with Gasteiger partial charge in [0.2, 0.25) is 0 Å². The van der Waals surface area contributed by atoms with Crippen molar-refractivity contribution >= 4 is 51.2 Å². The first-order chi connectivity index (χ1) is 6.74. The summed E-state index contributed by atoms with van der Waals surface area (Å²) in [6, 6.07) is 7.67. The Morgan fingerprint density at radius 1 is 1.40 bits per heavy atom. The highest BCUT2D eigenvalue weighted by Gasteiger charge is 2.14. The second kappa shape index (κ2) is 4.94. The molecule has 80 valence electrons. The van der Waals surface area contributed by atoms with Gasteiger partial charge in [-0.25, -0.2) is 0 Å². The number of carbonyl (C=O) groups excluding carboxylic acids is 1. The van der Waals surface area contributed by atoms with E-state index in [1.807, 2.05) is 24.3 Å². The van der Waals surface area contributed by atoms with E-state index in [4.69, 9.17) is 17.3 Å². The summed E-state index contributed by atoms with van der Waals surface area (Å²) < 4.78 is 1.02. The molecule has 0 aliphatic heterocycles. The number of halogens is 2. The molecule has 0 aliphatic rings. The van der Waals surface area contributed by atoms with Crippen LogP contribution in [0.3, 0.4) is 0 Å². The van der Waals surface area contributed by atoms with E-state index in [0.717, 1.165) is 10.1 Å². The minimum absolute atomic E-state index is 0. The smallest absolute Gasteiger partial charge is 0.187 e. The number of Topliss-reactive ketones (excluding diaryl/α,β-unsaturated/α-hetero) is 1. The topological polar surface area (TPSA) is 43.1 Å². The predicted octanol–water partition coefficient (Wildman–Crippen LogP) is 3.12. The lowest BCUT2D eigenvalue weighted by Crippen LogP contribution is -2.12. The van der Waals surface area contributed by atoms with Gasteiger partial charge in [0.1, 0.15) is 0 Å². The number of benzene rings is 1. The molecule has 1 aromatic heterocycles. The fraction of sp³-hybridized carbons (Fsp3) is 0.100. The summed E-state index contributed by atoms with van der Waals surface area (Å²) in [6.07, 6.45) is 0. The van der Waals surface area contributed by atoms with Crippen molar-refractivity contribution in [1.82, 2.24) is 0 Å². The van der Waals surface area contributed by atoms with Gasteiger partial charge in [-0.05, 0) is 6.07 Å². The molecule has 15 heavy (non-hydrogen) atoms. The standard InChI is InChI=1S/C10H8ClNOS.ClH/c11-9-6-3-1-2-4-8(6)14-10(9)7(13)5-12;/h1-4H,5,12H2;1H. The van der Waals surface area contributed by atoms with Gasteiger partial charge < -0.3 is 5.73 Å². The Kier molecular flexibility index (Phi) is 4.11. The number of fused-ring (bicyclic) bond motifs is 1. The van der Waals surface area contributed by atoms with Gasteiger partial charge in [0.15, 0.2) is 5.78 Å². The zero-order valence-corrected chi connectivity index (χ0v) is 10.1. The monoisotopic (exact) mass is 261 g/mol. The molecule has 1 heterocycles. The van der Waals surface area contributed by atoms with E-state index in [1.54, 1.807) is 0 Å². The van der Waals surface area contributed by atoms with Crippen LogP contribution in [-0.2, 0) is 0 Å². The van der Waals surface area contributed by atoms with Crippen molar-refractivity contribution in [3.63, 3.8) is 0 Å². The highest BCUT2D eigenvalue weighted by Crippen LogP contribution is 2.35. The van der Waals surface area contributed by atoms with Crippen molar-refractivity contribution in [2.24, 2.45) is 5.73 Å². The van der Waals surface area contributed by atoms with Crippen molar-refractivity contribution in [2.75, 3.05) is 6.54 Å². The number of hydrogen-bond acceptors (Lipinski definition) is 3. The molecule has 2 rings (SSSR count). The van der Waals surface area contributed by atoms with E-state index in [-0.39, 0.29) is 24.7 Å². The quantitative estimate of drug-likeness (QED) is 0.845. The van der Waals surface area contributed by atoms with Gasteiger partial charge in [0.05, 0.1) is 16.4 Å². The number of hydrogen-bond donors (Lipinski definition) is 1. The predicted molar refractivity (Wildman–Crippen MR) is 67.5 cm³/mol. The molecule has 2 N–H and O–H groups in total. The van der Waals surface area contributed by atoms with Crippen LogP contribution in [0.25, 0.3) is 10.1 Å². The van der Waals surface area contributed by atoms with E-state index in [9.17, 15) is 4.79 Å². The van der Waals surface area contributed by atoms with Gasteiger partial charge >= 0.3 is 0 Å². The molecule has 0 fully saturated rings. The number of ketones is 1. The van der Waals surface area contributed by atoms with E-state index >= 15 is 0 Å². The summed E-state index contributed by atoms with van der Waals surface area (Å²) >= 11 is 7.46. The third-order valence-corrected chi connectivity index (χ3v) is 3.69. The van der Waals surface area contributed by atoms with E-state index in [1.165, 1.54) is 11.3 Å². The molecule has 0 atom stereocenters. The molecule has 0 bridgehead atoms. The number of thiophene rings is 1. The Morgan fingerprint density at radius 3 is 2.67 bits per heavy atom. The van der Waals surface area contributed by atoms with Gasteiger partial charge in [-0.15, -0.1) is 23.7 Å². The molecule has 1 aromatic carbocycles. The molecule has 0 aliphatic carbocycles. The zero-order valence-electron chi connectivity index (χ0n) is 7.70. The molecular weight excluding hydrogens is 253 g/mol. The summed E-state index contributed by atoms with van der Waals surface area (Å²) in [6.45, 7) is 0.00649. The van der Waals surface area contributed by atoms with Gasteiger partial charge in [-0.1, -0.05) is 29.8 Å². The molecule has 0 unspecified atom stereocenters. The Bertz CT molecular complexity index is 495. The van der Waals surface area contributed by atoms with Gasteiger partial charge in [-0.3, -0.25) is 4.79 Å². The van der Waals surface area contributed by atoms with Gasteiger partial charge in [0, 0.05) is 10.1 Å². The van der Waals surface area contributed by atoms with Crippen molar-refractivity contribution in [3.05, 3.63) is 34.2 Å². The third kappa shape index (κ3) is 2.16. The number of nitrogens with two attached hydrogens (primary N) is 1. The van der Waals surface area contributed by atoms with Crippen molar-refractivity contribution in [3.8, 4) is 0 Å². The van der Waals surface area contributed by atoms with Crippen LogP contribution >= 0.6 is 35.3 Å². The fourth-order valence-electron chi connectivity index (χ4n) is 1.29. The van der Waals surface area contributed by atoms with Crippen molar-refractivity contribution in [2.45, 2.75) is 0 Å². The van der Waals surface area contributed by atoms with Crippen LogP contribution in [0.2, 0.25) is 5.02 Å². The largest absolute Gasteiger partial charge is 0.324 e. The normalized spacial score (nSPS) is 10.0. The van der Waals surface area contributed by atoms with Gasteiger partial charge in [-0.2, -0.15) is 0 Å². The lowest BCUT2D eigenvalue weighted by Gasteiger charge is -1.92. The average molecular weight is 262 g/mol. The van der Waals surface area contributed by atoms with Crippen molar-refractivity contribution < 1.29 is 4.79 Å². The Balaban J connectivity index is 0.00000112. The first-order valence-electron chi connectivity index (χ1n) is 4.14. The Hall–Kier alpha value is -0.610. The first-order valence-corrected chi connectivity index (χ1v) is 5.33. The second-order valence-corrected chi connectivity index (χ2v) is 4.30. The molecular formula is C10H9Cl2NOS. The molecule has 0 radical (unpaired) electrons. The summed E-state index contributed by atoms with van der Waals surface area (Å²) in [5.41, 5.74) is 5.29. The van der Waals surface area contributed by atoms with Crippen LogP contribution in [0.1, 0.15) is 9.67 Å². The summed E-state index contributed by atoms with van der Waals surface area (Å²) in [7, 11) is 0. The fourth-order valence-corrected chi connectivity index (χ4v) is 2.77. The van der Waals surface area contributed by atoms with E-state index in [2.05, 4.69) is 0 Å². The van der Waals surface area contributed by atoms with Crippen molar-refractivity contribution in [1.29, 1.82) is 0 Å². The van der Waals surface area contributed by atoms with Crippen LogP contribution in [0.4, 0.5) is 0 Å². The van der Waals surface area contributed by atoms with Crippen LogP contribution in [0, 0.1) is 0 Å². The lowest BCUT2D eigenvalue weighted by molar-refractivity contribution is 0.101. The van der Waals surface area contributed by atoms with Gasteiger partial charge in [0.25, 0.3) is 0 Å².